The summed E-state index contributed by atoms with van der Waals surface area (Å²) in [5.74, 6) is 0.278. The Balaban J connectivity index is 2.01. The second-order valence-corrected chi connectivity index (χ2v) is 6.84. The summed E-state index contributed by atoms with van der Waals surface area (Å²) in [6.45, 7) is 0.534. The van der Waals surface area contributed by atoms with Gasteiger partial charge in [0.1, 0.15) is 0 Å². The zero-order valence-corrected chi connectivity index (χ0v) is 14.0. The van der Waals surface area contributed by atoms with E-state index in [-0.39, 0.29) is 11.9 Å². The first kappa shape index (κ1) is 17.3. The number of amides is 1. The molecule has 0 aliphatic heterocycles. The maximum Gasteiger partial charge on any atom is 0.307 e. The Morgan fingerprint density at radius 2 is 1.45 bits per heavy atom. The summed E-state index contributed by atoms with van der Waals surface area (Å²) in [6.07, 6.45) is 13.1. The monoisotopic (exact) mass is 309 g/mol. The second-order valence-electron chi connectivity index (χ2n) is 6.84. The van der Waals surface area contributed by atoms with Gasteiger partial charge in [0.2, 0.25) is 5.91 Å². The van der Waals surface area contributed by atoms with Crippen molar-refractivity contribution in [1.82, 2.24) is 4.90 Å². The summed E-state index contributed by atoms with van der Waals surface area (Å²) in [4.78, 5) is 26.5. The fourth-order valence-corrected chi connectivity index (χ4v) is 3.94. The molecule has 0 radical (unpaired) electrons. The Morgan fingerprint density at radius 1 is 0.909 bits per heavy atom. The third-order valence-electron chi connectivity index (χ3n) is 5.29. The fraction of sp³-hybridized carbons (Fsp3) is 0.889. The molecule has 22 heavy (non-hydrogen) atoms. The van der Waals surface area contributed by atoms with Gasteiger partial charge < -0.3 is 9.64 Å². The van der Waals surface area contributed by atoms with Gasteiger partial charge in [-0.1, -0.05) is 44.9 Å². The molecule has 0 bridgehead atoms. The lowest BCUT2D eigenvalue weighted by Gasteiger charge is -2.35. The Kier molecular flexibility index (Phi) is 7.20. The smallest absolute Gasteiger partial charge is 0.307 e. The van der Waals surface area contributed by atoms with E-state index in [1.54, 1.807) is 0 Å². The van der Waals surface area contributed by atoms with Crippen molar-refractivity contribution >= 4 is 11.9 Å². The number of hydrogen-bond acceptors (Lipinski definition) is 3. The summed E-state index contributed by atoms with van der Waals surface area (Å²) < 4.78 is 4.76. The number of rotatable bonds is 5. The number of methoxy groups -OCH3 is 1. The van der Waals surface area contributed by atoms with E-state index in [1.807, 2.05) is 4.90 Å². The van der Waals surface area contributed by atoms with Gasteiger partial charge in [0.15, 0.2) is 0 Å². The molecule has 0 unspecified atom stereocenters. The summed E-state index contributed by atoms with van der Waals surface area (Å²) >= 11 is 0. The number of carbonyl (C=O) groups excluding carboxylic acids is 2. The van der Waals surface area contributed by atoms with Crippen LogP contribution in [0.1, 0.15) is 77.0 Å². The third-order valence-corrected chi connectivity index (χ3v) is 5.29. The molecule has 0 aromatic heterocycles. The normalized spacial score (nSPS) is 21.1. The number of esters is 1. The van der Waals surface area contributed by atoms with Crippen LogP contribution in [0.15, 0.2) is 0 Å². The highest BCUT2D eigenvalue weighted by Gasteiger charge is 2.31. The number of hydrogen-bond donors (Lipinski definition) is 0. The van der Waals surface area contributed by atoms with E-state index in [0.29, 0.717) is 24.9 Å². The Morgan fingerprint density at radius 3 is 2.05 bits per heavy atom. The molecule has 1 amide bonds. The van der Waals surface area contributed by atoms with E-state index < -0.39 is 0 Å². The molecule has 2 fully saturated rings. The van der Waals surface area contributed by atoms with E-state index >= 15 is 0 Å². The standard InChI is InChI=1S/C18H31NO3/c1-22-17(20)13-14-19(16-11-7-2-3-8-12-16)18(21)15-9-5-4-6-10-15/h15-16H,2-14H2,1H3. The fourth-order valence-electron chi connectivity index (χ4n) is 3.94. The van der Waals surface area contributed by atoms with Crippen LogP contribution >= 0.6 is 0 Å². The lowest BCUT2D eigenvalue weighted by atomic mass is 9.87. The molecule has 2 saturated carbocycles. The molecule has 0 N–H and O–H groups in total. The summed E-state index contributed by atoms with van der Waals surface area (Å²) in [5.41, 5.74) is 0. The first-order valence-corrected chi connectivity index (χ1v) is 9.09. The van der Waals surface area contributed by atoms with Crippen molar-refractivity contribution in [2.75, 3.05) is 13.7 Å². The molecular weight excluding hydrogens is 278 g/mol. The van der Waals surface area contributed by atoms with Gasteiger partial charge in [0.05, 0.1) is 13.5 Å². The summed E-state index contributed by atoms with van der Waals surface area (Å²) in [7, 11) is 1.42. The van der Waals surface area contributed by atoms with Crippen LogP contribution in [0, 0.1) is 5.92 Å². The molecule has 2 rings (SSSR count). The average molecular weight is 309 g/mol. The van der Waals surface area contributed by atoms with Gasteiger partial charge >= 0.3 is 5.97 Å². The molecule has 0 saturated heterocycles. The molecule has 0 atom stereocenters. The molecule has 126 valence electrons. The van der Waals surface area contributed by atoms with Gasteiger partial charge in [-0.25, -0.2) is 0 Å². The topological polar surface area (TPSA) is 46.6 Å². The van der Waals surface area contributed by atoms with Crippen LogP contribution in [-0.4, -0.2) is 36.5 Å². The van der Waals surface area contributed by atoms with Crippen molar-refractivity contribution in [1.29, 1.82) is 0 Å². The van der Waals surface area contributed by atoms with Crippen molar-refractivity contribution < 1.29 is 14.3 Å². The van der Waals surface area contributed by atoms with E-state index in [0.717, 1.165) is 25.7 Å². The number of carbonyl (C=O) groups is 2. The molecule has 0 aromatic carbocycles. The van der Waals surface area contributed by atoms with Gasteiger partial charge in [-0.3, -0.25) is 9.59 Å². The van der Waals surface area contributed by atoms with Crippen molar-refractivity contribution in [3.05, 3.63) is 0 Å². The van der Waals surface area contributed by atoms with E-state index in [4.69, 9.17) is 4.74 Å². The summed E-state index contributed by atoms with van der Waals surface area (Å²) in [5, 5.41) is 0. The minimum atomic E-state index is -0.213. The van der Waals surface area contributed by atoms with Crippen LogP contribution in [-0.2, 0) is 14.3 Å². The van der Waals surface area contributed by atoms with Gasteiger partial charge in [-0.2, -0.15) is 0 Å². The highest BCUT2D eigenvalue weighted by molar-refractivity contribution is 5.80. The van der Waals surface area contributed by atoms with Gasteiger partial charge in [0.25, 0.3) is 0 Å². The van der Waals surface area contributed by atoms with Gasteiger partial charge in [-0.15, -0.1) is 0 Å². The van der Waals surface area contributed by atoms with Crippen molar-refractivity contribution in [3.63, 3.8) is 0 Å². The van der Waals surface area contributed by atoms with Crippen LogP contribution in [0.4, 0.5) is 0 Å². The molecule has 2 aliphatic rings. The predicted molar refractivity (Wildman–Crippen MR) is 86.4 cm³/mol. The summed E-state index contributed by atoms with van der Waals surface area (Å²) in [6, 6.07) is 0.335. The van der Waals surface area contributed by atoms with Crippen LogP contribution in [0.5, 0.6) is 0 Å². The average Bonchev–Trinajstić information content (AvgIpc) is 2.84. The maximum atomic E-state index is 13.0. The largest absolute Gasteiger partial charge is 0.469 e. The molecular formula is C18H31NO3. The zero-order chi connectivity index (χ0) is 15.8. The number of nitrogens with zero attached hydrogens (tertiary/aromatic N) is 1. The SMILES string of the molecule is COC(=O)CCN(C(=O)C1CCCCC1)C1CCCCCC1. The zero-order valence-electron chi connectivity index (χ0n) is 14.0. The van der Waals surface area contributed by atoms with Crippen molar-refractivity contribution in [3.8, 4) is 0 Å². The van der Waals surface area contributed by atoms with Crippen molar-refractivity contribution in [2.24, 2.45) is 5.92 Å². The molecule has 0 spiro atoms. The molecule has 2 aliphatic carbocycles. The predicted octanol–water partition coefficient (Wildman–Crippen LogP) is 3.68. The van der Waals surface area contributed by atoms with E-state index in [2.05, 4.69) is 0 Å². The molecule has 0 heterocycles. The minimum absolute atomic E-state index is 0.189. The molecule has 0 aromatic rings. The van der Waals surface area contributed by atoms with Gasteiger partial charge in [0, 0.05) is 18.5 Å². The van der Waals surface area contributed by atoms with E-state index in [9.17, 15) is 9.59 Å². The maximum absolute atomic E-state index is 13.0. The molecule has 4 heteroatoms. The first-order chi connectivity index (χ1) is 10.7. The van der Waals surface area contributed by atoms with Crippen LogP contribution in [0.2, 0.25) is 0 Å². The third kappa shape index (κ3) is 4.99. The van der Waals surface area contributed by atoms with Gasteiger partial charge in [-0.05, 0) is 25.7 Å². The van der Waals surface area contributed by atoms with Crippen molar-refractivity contribution in [2.45, 2.75) is 83.1 Å². The van der Waals surface area contributed by atoms with Crippen LogP contribution in [0.3, 0.4) is 0 Å². The van der Waals surface area contributed by atoms with Crippen LogP contribution in [0.25, 0.3) is 0 Å². The lowest BCUT2D eigenvalue weighted by molar-refractivity contribution is -0.144. The van der Waals surface area contributed by atoms with E-state index in [1.165, 1.54) is 52.1 Å². The Hall–Kier alpha value is -1.06. The Bertz CT molecular complexity index is 355. The lowest BCUT2D eigenvalue weighted by Crippen LogP contribution is -2.45. The molecule has 4 nitrogen and oxygen atoms in total. The first-order valence-electron chi connectivity index (χ1n) is 9.09. The highest BCUT2D eigenvalue weighted by atomic mass is 16.5. The van der Waals surface area contributed by atoms with Crippen LogP contribution < -0.4 is 0 Å². The highest BCUT2D eigenvalue weighted by Crippen LogP contribution is 2.29. The second kappa shape index (κ2) is 9.16. The Labute approximate surface area is 134 Å². The minimum Gasteiger partial charge on any atom is -0.469 e. The quantitative estimate of drug-likeness (QED) is 0.575. The number of ether oxygens (including phenoxy) is 1.